The minimum atomic E-state index is 0.0570. The van der Waals surface area contributed by atoms with Gasteiger partial charge in [0.15, 0.2) is 0 Å². The molecule has 1 aromatic heterocycles. The molecule has 2 nitrogen and oxygen atoms in total. The number of fused-ring (bicyclic) bond motifs is 1. The maximum Gasteiger partial charge on any atom is 0.0709 e. The normalized spacial score (nSPS) is 10.7. The summed E-state index contributed by atoms with van der Waals surface area (Å²) in [6.07, 6.45) is 0. The monoisotopic (exact) mass is 235 g/mol. The first kappa shape index (κ1) is 10.9. The second kappa shape index (κ2) is 4.59. The highest BCUT2D eigenvalue weighted by molar-refractivity contribution is 5.81. The van der Waals surface area contributed by atoms with Gasteiger partial charge in [0.2, 0.25) is 0 Å². The van der Waals surface area contributed by atoms with Crippen molar-refractivity contribution in [3.63, 3.8) is 0 Å². The molecule has 3 aromatic rings. The van der Waals surface area contributed by atoms with Gasteiger partial charge in [0, 0.05) is 10.9 Å². The minimum Gasteiger partial charge on any atom is -0.392 e. The van der Waals surface area contributed by atoms with Crippen LogP contribution in [0.15, 0.2) is 60.7 Å². The number of rotatable bonds is 2. The number of hydrogen-bond donors (Lipinski definition) is 1. The highest BCUT2D eigenvalue weighted by atomic mass is 16.3. The molecule has 3 rings (SSSR count). The SMILES string of the molecule is OCc1cccc(-c2ccc3ccccc3n2)c1. The van der Waals surface area contributed by atoms with E-state index in [4.69, 9.17) is 5.11 Å². The third-order valence-electron chi connectivity index (χ3n) is 3.00. The van der Waals surface area contributed by atoms with Crippen molar-refractivity contribution in [3.8, 4) is 11.3 Å². The Kier molecular flexibility index (Phi) is 2.79. The predicted octanol–water partition coefficient (Wildman–Crippen LogP) is 3.39. The van der Waals surface area contributed by atoms with E-state index < -0.39 is 0 Å². The van der Waals surface area contributed by atoms with Crippen LogP contribution in [-0.2, 0) is 6.61 Å². The van der Waals surface area contributed by atoms with E-state index in [9.17, 15) is 0 Å². The van der Waals surface area contributed by atoms with E-state index in [-0.39, 0.29) is 6.61 Å². The summed E-state index contributed by atoms with van der Waals surface area (Å²) in [6, 6.07) is 20.0. The zero-order chi connectivity index (χ0) is 12.4. The second-order valence-electron chi connectivity index (χ2n) is 4.25. The lowest BCUT2D eigenvalue weighted by Gasteiger charge is -2.04. The largest absolute Gasteiger partial charge is 0.392 e. The molecule has 0 radical (unpaired) electrons. The van der Waals surface area contributed by atoms with Gasteiger partial charge in [-0.3, -0.25) is 0 Å². The number of hydrogen-bond acceptors (Lipinski definition) is 2. The van der Waals surface area contributed by atoms with E-state index in [0.717, 1.165) is 27.7 Å². The average molecular weight is 235 g/mol. The summed E-state index contributed by atoms with van der Waals surface area (Å²) in [5.74, 6) is 0. The quantitative estimate of drug-likeness (QED) is 0.738. The lowest BCUT2D eigenvalue weighted by molar-refractivity contribution is 0.282. The van der Waals surface area contributed by atoms with Crippen molar-refractivity contribution in [3.05, 3.63) is 66.2 Å². The Balaban J connectivity index is 2.13. The van der Waals surface area contributed by atoms with Crippen molar-refractivity contribution in [2.24, 2.45) is 0 Å². The molecule has 0 bridgehead atoms. The fraction of sp³-hybridized carbons (Fsp3) is 0.0625. The van der Waals surface area contributed by atoms with E-state index in [1.54, 1.807) is 0 Å². The first-order valence-electron chi connectivity index (χ1n) is 5.93. The number of benzene rings is 2. The van der Waals surface area contributed by atoms with Gasteiger partial charge >= 0.3 is 0 Å². The van der Waals surface area contributed by atoms with Crippen LogP contribution in [-0.4, -0.2) is 10.1 Å². The Morgan fingerprint density at radius 1 is 0.889 bits per heavy atom. The maximum atomic E-state index is 9.16. The van der Waals surface area contributed by atoms with Crippen molar-refractivity contribution >= 4 is 10.9 Å². The van der Waals surface area contributed by atoms with E-state index >= 15 is 0 Å². The number of para-hydroxylation sites is 1. The van der Waals surface area contributed by atoms with Gasteiger partial charge in [0.05, 0.1) is 17.8 Å². The third kappa shape index (κ3) is 1.98. The van der Waals surface area contributed by atoms with E-state index in [1.165, 1.54) is 0 Å². The van der Waals surface area contributed by atoms with Crippen molar-refractivity contribution in [2.75, 3.05) is 0 Å². The molecule has 88 valence electrons. The molecular formula is C16H13NO. The summed E-state index contributed by atoms with van der Waals surface area (Å²) in [5.41, 5.74) is 3.86. The van der Waals surface area contributed by atoms with Gasteiger partial charge in [-0.15, -0.1) is 0 Å². The van der Waals surface area contributed by atoms with E-state index in [0.29, 0.717) is 0 Å². The van der Waals surface area contributed by atoms with Crippen LogP contribution in [0.4, 0.5) is 0 Å². The molecular weight excluding hydrogens is 222 g/mol. The van der Waals surface area contributed by atoms with Crippen LogP contribution in [0.3, 0.4) is 0 Å². The summed E-state index contributed by atoms with van der Waals surface area (Å²) >= 11 is 0. The molecule has 0 aliphatic rings. The topological polar surface area (TPSA) is 33.1 Å². The van der Waals surface area contributed by atoms with E-state index in [2.05, 4.69) is 17.1 Å². The summed E-state index contributed by atoms with van der Waals surface area (Å²) in [5, 5.41) is 10.3. The summed E-state index contributed by atoms with van der Waals surface area (Å²) in [4.78, 5) is 4.64. The van der Waals surface area contributed by atoms with Gasteiger partial charge in [-0.1, -0.05) is 42.5 Å². The third-order valence-corrected chi connectivity index (χ3v) is 3.00. The molecule has 1 N–H and O–H groups in total. The molecule has 18 heavy (non-hydrogen) atoms. The van der Waals surface area contributed by atoms with Crippen molar-refractivity contribution in [1.29, 1.82) is 0 Å². The van der Waals surface area contributed by atoms with Gasteiger partial charge in [-0.2, -0.15) is 0 Å². The fourth-order valence-corrected chi connectivity index (χ4v) is 2.06. The Hall–Kier alpha value is -2.19. The number of pyridine rings is 1. The zero-order valence-corrected chi connectivity index (χ0v) is 9.88. The van der Waals surface area contributed by atoms with Crippen molar-refractivity contribution in [2.45, 2.75) is 6.61 Å². The van der Waals surface area contributed by atoms with Gasteiger partial charge in [0.1, 0.15) is 0 Å². The van der Waals surface area contributed by atoms with Crippen LogP contribution in [0, 0.1) is 0 Å². The van der Waals surface area contributed by atoms with Crippen molar-refractivity contribution < 1.29 is 5.11 Å². The summed E-state index contributed by atoms with van der Waals surface area (Å²) < 4.78 is 0. The van der Waals surface area contributed by atoms with Crippen LogP contribution in [0.5, 0.6) is 0 Å². The lowest BCUT2D eigenvalue weighted by Crippen LogP contribution is -1.87. The van der Waals surface area contributed by atoms with E-state index in [1.807, 2.05) is 48.5 Å². The Labute approximate surface area is 106 Å². The molecule has 0 unspecified atom stereocenters. The number of nitrogens with zero attached hydrogens (tertiary/aromatic N) is 1. The van der Waals surface area contributed by atoms with Crippen LogP contribution in [0.2, 0.25) is 0 Å². The Bertz CT molecular complexity index is 691. The molecule has 0 aliphatic carbocycles. The molecule has 2 aromatic carbocycles. The predicted molar refractivity (Wildman–Crippen MR) is 73.1 cm³/mol. The van der Waals surface area contributed by atoms with Gasteiger partial charge in [-0.05, 0) is 23.8 Å². The zero-order valence-electron chi connectivity index (χ0n) is 9.88. The average Bonchev–Trinajstić information content (AvgIpc) is 2.47. The van der Waals surface area contributed by atoms with Gasteiger partial charge in [-0.25, -0.2) is 4.98 Å². The molecule has 0 aliphatic heterocycles. The molecule has 0 saturated carbocycles. The molecule has 0 atom stereocenters. The maximum absolute atomic E-state index is 9.16. The van der Waals surface area contributed by atoms with Crippen LogP contribution in [0.25, 0.3) is 22.2 Å². The Morgan fingerprint density at radius 3 is 2.67 bits per heavy atom. The standard InChI is InChI=1S/C16H13NO/c18-11-12-4-3-6-14(10-12)16-9-8-13-5-1-2-7-15(13)17-16/h1-10,18H,11H2. The van der Waals surface area contributed by atoms with Gasteiger partial charge < -0.3 is 5.11 Å². The van der Waals surface area contributed by atoms with Crippen LogP contribution < -0.4 is 0 Å². The summed E-state index contributed by atoms with van der Waals surface area (Å²) in [7, 11) is 0. The Morgan fingerprint density at radius 2 is 1.78 bits per heavy atom. The first-order chi connectivity index (χ1) is 8.86. The highest BCUT2D eigenvalue weighted by Crippen LogP contribution is 2.21. The smallest absolute Gasteiger partial charge is 0.0709 e. The molecule has 0 spiro atoms. The molecule has 2 heteroatoms. The van der Waals surface area contributed by atoms with Gasteiger partial charge in [0.25, 0.3) is 0 Å². The lowest BCUT2D eigenvalue weighted by atomic mass is 10.1. The second-order valence-corrected chi connectivity index (χ2v) is 4.25. The number of aromatic nitrogens is 1. The summed E-state index contributed by atoms with van der Waals surface area (Å²) in [6.45, 7) is 0.0570. The first-order valence-corrected chi connectivity index (χ1v) is 5.93. The van der Waals surface area contributed by atoms with Crippen molar-refractivity contribution in [1.82, 2.24) is 4.98 Å². The molecule has 0 saturated heterocycles. The van der Waals surface area contributed by atoms with Crippen LogP contribution >= 0.6 is 0 Å². The fourth-order valence-electron chi connectivity index (χ4n) is 2.06. The number of aliphatic hydroxyl groups excluding tert-OH is 1. The molecule has 1 heterocycles. The highest BCUT2D eigenvalue weighted by Gasteiger charge is 2.02. The molecule has 0 amide bonds. The number of aliphatic hydroxyl groups is 1. The molecule has 0 fully saturated rings. The van der Waals surface area contributed by atoms with Crippen LogP contribution in [0.1, 0.15) is 5.56 Å². The minimum absolute atomic E-state index is 0.0570.